The van der Waals surface area contributed by atoms with Gasteiger partial charge in [-0.2, -0.15) is 0 Å². The minimum absolute atomic E-state index is 0.132. The molecule has 1 amide bonds. The molecule has 18 nitrogen and oxygen atoms in total. The van der Waals surface area contributed by atoms with Crippen molar-refractivity contribution in [1.82, 2.24) is 5.32 Å². The predicted octanol–water partition coefficient (Wildman–Crippen LogP) is 0.426. The normalized spacial score (nSPS) is 29.0. The molecule has 282 valence electrons. The second kappa shape index (κ2) is 18.1. The lowest BCUT2D eigenvalue weighted by molar-refractivity contribution is -0.339. The number of methoxy groups -OCH3 is 1. The summed E-state index contributed by atoms with van der Waals surface area (Å²) < 4.78 is 46.2. The van der Waals surface area contributed by atoms with Crippen LogP contribution in [0.4, 0.5) is 0 Å². The van der Waals surface area contributed by atoms with Crippen LogP contribution in [-0.4, -0.2) is 126 Å². The number of rotatable bonds is 11. The molecule has 21 heteroatoms. The van der Waals surface area contributed by atoms with Crippen molar-refractivity contribution in [3.8, 4) is 0 Å². The maximum Gasteiger partial charge on any atom is 0.339 e. The first-order valence-electron chi connectivity index (χ1n) is 14.8. The van der Waals surface area contributed by atoms with Crippen molar-refractivity contribution in [3.05, 3.63) is 35.9 Å². The second-order valence-electron chi connectivity index (χ2n) is 10.9. The van der Waals surface area contributed by atoms with Crippen molar-refractivity contribution in [3.63, 3.8) is 0 Å². The number of benzene rings is 1. The molecule has 0 spiro atoms. The number of aliphatic hydroxyl groups excluding tert-OH is 1. The van der Waals surface area contributed by atoms with E-state index in [0.717, 1.165) is 34.8 Å². The van der Waals surface area contributed by atoms with E-state index >= 15 is 0 Å². The average Bonchev–Trinajstić information content (AvgIpc) is 3.04. The molecular weight excluding hydrogens is 753 g/mol. The van der Waals surface area contributed by atoms with Crippen molar-refractivity contribution < 1.29 is 81.3 Å². The van der Waals surface area contributed by atoms with E-state index in [-0.39, 0.29) is 5.56 Å². The number of alkyl halides is 3. The Labute approximate surface area is 305 Å². The fourth-order valence-electron chi connectivity index (χ4n) is 5.03. The van der Waals surface area contributed by atoms with Crippen LogP contribution in [0, 0.1) is 0 Å². The molecule has 0 bridgehead atoms. The highest BCUT2D eigenvalue weighted by Crippen LogP contribution is 2.35. The summed E-state index contributed by atoms with van der Waals surface area (Å²) in [6.07, 6.45) is -16.7. The number of aliphatic hydroxyl groups is 1. The number of carbonyl (C=O) groups excluding carboxylic acids is 7. The Morgan fingerprint density at radius 3 is 1.84 bits per heavy atom. The molecule has 1 aromatic rings. The smallest absolute Gasteiger partial charge is 0.339 e. The van der Waals surface area contributed by atoms with Gasteiger partial charge in [-0.15, -0.1) is 0 Å². The molecule has 10 atom stereocenters. The van der Waals surface area contributed by atoms with Gasteiger partial charge in [0.05, 0.1) is 12.7 Å². The molecule has 2 N–H and O–H groups in total. The summed E-state index contributed by atoms with van der Waals surface area (Å²) >= 11 is 17.3. The summed E-state index contributed by atoms with van der Waals surface area (Å²) in [6.45, 7) is 3.16. The van der Waals surface area contributed by atoms with Gasteiger partial charge in [-0.05, 0) is 12.1 Å². The summed E-state index contributed by atoms with van der Waals surface area (Å²) in [5, 5.41) is 13.8. The third kappa shape index (κ3) is 11.4. The number of halogens is 3. The van der Waals surface area contributed by atoms with Crippen LogP contribution < -0.4 is 5.32 Å². The van der Waals surface area contributed by atoms with Gasteiger partial charge in [0.15, 0.2) is 30.7 Å². The van der Waals surface area contributed by atoms with Crippen LogP contribution in [0.15, 0.2) is 30.3 Å². The van der Waals surface area contributed by atoms with Gasteiger partial charge in [-0.3, -0.25) is 24.0 Å². The van der Waals surface area contributed by atoms with Crippen LogP contribution in [0.1, 0.15) is 38.1 Å². The van der Waals surface area contributed by atoms with E-state index in [1.54, 1.807) is 18.2 Å². The maximum atomic E-state index is 12.9. The van der Waals surface area contributed by atoms with Crippen molar-refractivity contribution in [2.24, 2.45) is 0 Å². The van der Waals surface area contributed by atoms with Gasteiger partial charge in [-0.25, -0.2) is 9.59 Å². The van der Waals surface area contributed by atoms with Gasteiger partial charge in [0.1, 0.15) is 31.0 Å². The van der Waals surface area contributed by atoms with Gasteiger partial charge < -0.3 is 53.1 Å². The molecule has 2 heterocycles. The van der Waals surface area contributed by atoms with Crippen LogP contribution in [0.25, 0.3) is 0 Å². The second-order valence-corrected chi connectivity index (χ2v) is 13.2. The van der Waals surface area contributed by atoms with Crippen LogP contribution in [0.2, 0.25) is 0 Å². The lowest BCUT2D eigenvalue weighted by Gasteiger charge is -2.48. The number of hydrogen-bond donors (Lipinski definition) is 2. The van der Waals surface area contributed by atoms with E-state index in [9.17, 15) is 38.7 Å². The van der Waals surface area contributed by atoms with Gasteiger partial charge in [-0.1, -0.05) is 53.0 Å². The Bertz CT molecular complexity index is 1460. The Morgan fingerprint density at radius 2 is 1.31 bits per heavy atom. The summed E-state index contributed by atoms with van der Waals surface area (Å²) in [4.78, 5) is 87.3. The van der Waals surface area contributed by atoms with E-state index in [2.05, 4.69) is 5.32 Å². The van der Waals surface area contributed by atoms with Crippen LogP contribution in [0.3, 0.4) is 0 Å². The zero-order valence-electron chi connectivity index (χ0n) is 27.5. The molecule has 1 aromatic carbocycles. The first kappa shape index (κ1) is 41.6. The quantitative estimate of drug-likeness (QED) is 0.176. The van der Waals surface area contributed by atoms with E-state index in [1.165, 1.54) is 12.1 Å². The number of hydrogen-bond acceptors (Lipinski definition) is 17. The van der Waals surface area contributed by atoms with Crippen molar-refractivity contribution in [1.29, 1.82) is 0 Å². The first-order chi connectivity index (χ1) is 23.8. The Hall–Kier alpha value is -3.78. The monoisotopic (exact) mass is 785 g/mol. The van der Waals surface area contributed by atoms with Crippen LogP contribution >= 0.6 is 34.8 Å². The largest absolute Gasteiger partial charge is 0.467 e. The lowest BCUT2D eigenvalue weighted by atomic mass is 9.94. The number of ether oxygens (including phenoxy) is 9. The third-order valence-corrected chi connectivity index (χ3v) is 7.54. The maximum absolute atomic E-state index is 12.9. The highest BCUT2D eigenvalue weighted by atomic mass is 35.6. The Balaban J connectivity index is 2.12. The Morgan fingerprint density at radius 1 is 0.765 bits per heavy atom. The Kier molecular flexibility index (Phi) is 14.8. The molecule has 0 radical (unpaired) electrons. The summed E-state index contributed by atoms with van der Waals surface area (Å²) in [5.41, 5.74) is 0.132. The van der Waals surface area contributed by atoms with Crippen molar-refractivity contribution in [2.45, 2.75) is 92.8 Å². The number of nitrogens with one attached hydrogen (secondary N) is 1. The minimum Gasteiger partial charge on any atom is -0.467 e. The summed E-state index contributed by atoms with van der Waals surface area (Å²) in [7, 11) is 0.959. The molecular formula is C30H34Cl3NO17. The van der Waals surface area contributed by atoms with E-state index in [0.29, 0.717) is 0 Å². The molecule has 2 fully saturated rings. The van der Waals surface area contributed by atoms with E-state index in [4.69, 9.17) is 77.4 Å². The van der Waals surface area contributed by atoms with Crippen LogP contribution in [0.5, 0.6) is 0 Å². The topological polar surface area (TPSA) is 235 Å². The lowest BCUT2D eigenvalue weighted by Crippen LogP contribution is -2.69. The highest BCUT2D eigenvalue weighted by Gasteiger charge is 2.58. The van der Waals surface area contributed by atoms with Gasteiger partial charge in [0, 0.05) is 27.7 Å². The van der Waals surface area contributed by atoms with Crippen LogP contribution in [-0.2, 0) is 71.4 Å². The zero-order valence-corrected chi connectivity index (χ0v) is 29.7. The number of carbonyl (C=O) groups is 7. The summed E-state index contributed by atoms with van der Waals surface area (Å²) in [6, 6.07) is 5.91. The number of amides is 1. The fraction of sp³-hybridized carbons (Fsp3) is 0.567. The van der Waals surface area contributed by atoms with E-state index < -0.39 is 113 Å². The van der Waals surface area contributed by atoms with Crippen molar-refractivity contribution >= 4 is 76.5 Å². The molecule has 2 aliphatic rings. The first-order valence-corrected chi connectivity index (χ1v) is 16.0. The zero-order chi connectivity index (χ0) is 38.2. The molecule has 0 aromatic heterocycles. The molecule has 2 saturated heterocycles. The van der Waals surface area contributed by atoms with Gasteiger partial charge in [0.25, 0.3) is 9.70 Å². The highest BCUT2D eigenvalue weighted by molar-refractivity contribution is 6.76. The molecule has 0 aliphatic carbocycles. The molecule has 2 aliphatic heterocycles. The summed E-state index contributed by atoms with van der Waals surface area (Å²) in [5.74, 6) is -7.29. The fourth-order valence-corrected chi connectivity index (χ4v) is 5.19. The molecule has 0 saturated carbocycles. The minimum atomic E-state index is -2.63. The number of esters is 6. The average molecular weight is 787 g/mol. The van der Waals surface area contributed by atoms with Gasteiger partial charge in [0.2, 0.25) is 6.29 Å². The standard InChI is InChI=1S/C30H34Cl3NO17/c1-12(35)45-21-22(46-13(2)36)24(47-14(3)37)28(51-23(21)26(41)43-5)50-20-18(34-29(42)30(31,32)33)27(48-15(4)38)49-17(19(20)39)11-44-25(40)16-9-7-6-8-10-16/h6-10,17-24,27-28,39H,11H2,1-5H3,(H,34,42)/t17-,18-,19-,20-,21+,22+,23+,24-,27+,28-/m1/s1. The third-order valence-electron chi connectivity index (χ3n) is 7.02. The molecule has 3 rings (SSSR count). The van der Waals surface area contributed by atoms with E-state index in [1.807, 2.05) is 0 Å². The predicted molar refractivity (Wildman–Crippen MR) is 168 cm³/mol. The SMILES string of the molecule is COC(=O)[C@H]1O[C@@H](O[C@H]2[C@H](O)[C@@H](COC(=O)c3ccccc3)O[C@H](OC(C)=O)[C@@H]2NC(=O)C(Cl)(Cl)Cl)[C@H](OC(C)=O)[C@@H](OC(C)=O)[C@@H]1OC(C)=O. The molecule has 51 heavy (non-hydrogen) atoms. The molecule has 0 unspecified atom stereocenters. The van der Waals surface area contributed by atoms with Gasteiger partial charge >= 0.3 is 35.8 Å². The van der Waals surface area contributed by atoms with Crippen molar-refractivity contribution in [2.75, 3.05) is 13.7 Å².